The summed E-state index contributed by atoms with van der Waals surface area (Å²) in [5.74, 6) is 0.250. The number of nitrogens with zero attached hydrogens (tertiary/aromatic N) is 2. The van der Waals surface area contributed by atoms with Crippen LogP contribution in [0.3, 0.4) is 0 Å². The lowest BCUT2D eigenvalue weighted by molar-refractivity contribution is 0.234. The molecule has 1 saturated carbocycles. The third-order valence-corrected chi connectivity index (χ3v) is 5.74. The van der Waals surface area contributed by atoms with Crippen molar-refractivity contribution in [3.05, 3.63) is 85.7 Å². The lowest BCUT2D eigenvalue weighted by Crippen LogP contribution is -2.37. The van der Waals surface area contributed by atoms with Crippen LogP contribution in [0.4, 0.5) is 0 Å². The van der Waals surface area contributed by atoms with Crippen LogP contribution in [0.5, 0.6) is 0 Å². The summed E-state index contributed by atoms with van der Waals surface area (Å²) in [5.41, 5.74) is 7.26. The van der Waals surface area contributed by atoms with E-state index in [1.54, 1.807) is 6.08 Å². The minimum Gasteiger partial charge on any atom is -0.371 e. The van der Waals surface area contributed by atoms with E-state index in [2.05, 4.69) is 36.8 Å². The summed E-state index contributed by atoms with van der Waals surface area (Å²) in [6, 6.07) is 3.08. The minimum atomic E-state index is -0.599. The van der Waals surface area contributed by atoms with Crippen molar-refractivity contribution in [1.29, 1.82) is 5.26 Å². The Hall–Kier alpha value is -2.57. The van der Waals surface area contributed by atoms with Gasteiger partial charge in [0.2, 0.25) is 0 Å². The number of allylic oxidation sites excluding steroid dienone is 11. The van der Waals surface area contributed by atoms with Gasteiger partial charge in [-0.25, -0.2) is 0 Å². The lowest BCUT2D eigenvalue weighted by Gasteiger charge is -2.35. The molecule has 0 saturated heterocycles. The van der Waals surface area contributed by atoms with Crippen LogP contribution in [0.25, 0.3) is 0 Å². The Kier molecular flexibility index (Phi) is 10.8. The van der Waals surface area contributed by atoms with E-state index >= 15 is 0 Å². The van der Waals surface area contributed by atoms with Crippen LogP contribution in [0, 0.1) is 22.7 Å². The zero-order chi connectivity index (χ0) is 21.7. The molecule has 0 spiro atoms. The molecular weight excluding hydrogens is 354 g/mol. The average Bonchev–Trinajstić information content (AvgIpc) is 3.20. The number of hydrogen-bond donors (Lipinski definition) is 1. The third kappa shape index (κ3) is 6.48. The van der Waals surface area contributed by atoms with Crippen LogP contribution in [0.1, 0.15) is 39.5 Å². The molecule has 156 valence electrons. The van der Waals surface area contributed by atoms with Crippen molar-refractivity contribution in [2.75, 3.05) is 13.1 Å². The van der Waals surface area contributed by atoms with Crippen molar-refractivity contribution in [3.8, 4) is 6.07 Å². The first-order chi connectivity index (χ1) is 14.0. The summed E-state index contributed by atoms with van der Waals surface area (Å²) >= 11 is 0. The fraction of sp³-hybridized carbons (Fsp3) is 0.423. The van der Waals surface area contributed by atoms with Crippen molar-refractivity contribution in [2.24, 2.45) is 17.1 Å². The largest absolute Gasteiger partial charge is 0.371 e. The molecule has 3 atom stereocenters. The van der Waals surface area contributed by atoms with Crippen LogP contribution >= 0.6 is 0 Å². The Balaban J connectivity index is 3.26. The van der Waals surface area contributed by atoms with Crippen molar-refractivity contribution < 1.29 is 0 Å². The van der Waals surface area contributed by atoms with Gasteiger partial charge in [0.1, 0.15) is 0 Å². The number of rotatable bonds is 12. The summed E-state index contributed by atoms with van der Waals surface area (Å²) in [4.78, 5) is 2.31. The van der Waals surface area contributed by atoms with Crippen molar-refractivity contribution in [2.45, 2.75) is 45.6 Å². The molecule has 3 nitrogen and oxygen atoms in total. The van der Waals surface area contributed by atoms with E-state index in [0.29, 0.717) is 19.0 Å². The van der Waals surface area contributed by atoms with E-state index in [1.165, 1.54) is 0 Å². The van der Waals surface area contributed by atoms with Crippen molar-refractivity contribution in [1.82, 2.24) is 4.90 Å². The summed E-state index contributed by atoms with van der Waals surface area (Å²) in [6.07, 6.45) is 21.2. The number of nitrogens with two attached hydrogens (primary N) is 1. The van der Waals surface area contributed by atoms with Crippen molar-refractivity contribution in [3.63, 3.8) is 0 Å². The number of nitriles is 1. The fourth-order valence-electron chi connectivity index (χ4n) is 4.31. The highest BCUT2D eigenvalue weighted by Gasteiger charge is 2.45. The summed E-state index contributed by atoms with van der Waals surface area (Å²) in [6.45, 7) is 17.3. The highest BCUT2D eigenvalue weighted by molar-refractivity contribution is 5.37. The third-order valence-electron chi connectivity index (χ3n) is 5.74. The molecule has 0 aromatic carbocycles. The molecule has 3 heteroatoms. The maximum absolute atomic E-state index is 10.4. The Morgan fingerprint density at radius 3 is 2.55 bits per heavy atom. The van der Waals surface area contributed by atoms with Crippen LogP contribution in [0.15, 0.2) is 85.7 Å². The van der Waals surface area contributed by atoms with Gasteiger partial charge in [-0.1, -0.05) is 74.4 Å². The van der Waals surface area contributed by atoms with Crippen LogP contribution in [-0.2, 0) is 0 Å². The maximum Gasteiger partial charge on any atom is 0.0885 e. The van der Waals surface area contributed by atoms with E-state index in [1.807, 2.05) is 56.4 Å². The Labute approximate surface area is 178 Å². The molecule has 0 radical (unpaired) electrons. The molecule has 1 aliphatic rings. The molecule has 0 aliphatic heterocycles. The van der Waals surface area contributed by atoms with Crippen LogP contribution < -0.4 is 5.73 Å². The van der Waals surface area contributed by atoms with Crippen LogP contribution in [-0.4, -0.2) is 24.0 Å². The number of hydrogen-bond acceptors (Lipinski definition) is 3. The standard InChI is InChI=1S/C26H37N3/c1-6-9-11-12-13-17-26(21-28,23(8-3)14-10-7-2)24-15-16-25(20-24)29(19-18-27)22(4)5/h6-14,24-25H,1,3-4,15-20,27H2,2,5H3/b10-7-,11-9-,13-12-,23-14+/t24?,25-,26-/m0/s1. The first-order valence-electron chi connectivity index (χ1n) is 10.4. The zero-order valence-corrected chi connectivity index (χ0v) is 18.2. The molecule has 2 N–H and O–H groups in total. The van der Waals surface area contributed by atoms with Gasteiger partial charge in [0.05, 0.1) is 11.5 Å². The van der Waals surface area contributed by atoms with E-state index < -0.39 is 5.41 Å². The summed E-state index contributed by atoms with van der Waals surface area (Å²) in [7, 11) is 0. The molecule has 1 rings (SSSR count). The average molecular weight is 392 g/mol. The van der Waals surface area contributed by atoms with Gasteiger partial charge in [-0.2, -0.15) is 5.26 Å². The lowest BCUT2D eigenvalue weighted by atomic mass is 9.67. The molecular formula is C26H37N3. The molecule has 0 aromatic rings. The molecule has 29 heavy (non-hydrogen) atoms. The quantitative estimate of drug-likeness (QED) is 0.425. The van der Waals surface area contributed by atoms with Gasteiger partial charge in [-0.05, 0) is 51.0 Å². The van der Waals surface area contributed by atoms with E-state index in [9.17, 15) is 5.26 Å². The second kappa shape index (κ2) is 12.8. The van der Waals surface area contributed by atoms with E-state index in [4.69, 9.17) is 5.73 Å². The smallest absolute Gasteiger partial charge is 0.0885 e. The SMILES string of the molecule is C=C/C=C\C=C/C[C@](C#N)(/C(C=C)=C/C=C\C)C1CC[C@H](N(CCN)C(=C)C)C1. The van der Waals surface area contributed by atoms with Crippen molar-refractivity contribution >= 4 is 0 Å². The normalized spacial score (nSPS) is 22.1. The molecule has 0 aromatic heterocycles. The predicted octanol–water partition coefficient (Wildman–Crippen LogP) is 5.84. The maximum atomic E-state index is 10.4. The molecule has 0 heterocycles. The summed E-state index contributed by atoms with van der Waals surface area (Å²) < 4.78 is 0. The zero-order valence-electron chi connectivity index (χ0n) is 18.2. The molecule has 1 fully saturated rings. The van der Waals surface area contributed by atoms with Gasteiger partial charge in [0, 0.05) is 24.8 Å². The Morgan fingerprint density at radius 2 is 2.00 bits per heavy atom. The van der Waals surface area contributed by atoms with Gasteiger partial charge < -0.3 is 10.6 Å². The molecule has 1 unspecified atom stereocenters. The fourth-order valence-corrected chi connectivity index (χ4v) is 4.31. The Bertz CT molecular complexity index is 717. The summed E-state index contributed by atoms with van der Waals surface area (Å²) in [5, 5.41) is 10.4. The first-order valence-corrected chi connectivity index (χ1v) is 10.4. The molecule has 0 bridgehead atoms. The second-order valence-corrected chi connectivity index (χ2v) is 7.57. The monoisotopic (exact) mass is 391 g/mol. The van der Waals surface area contributed by atoms with Gasteiger partial charge in [-0.3, -0.25) is 0 Å². The molecule has 0 amide bonds. The van der Waals surface area contributed by atoms with E-state index in [-0.39, 0.29) is 5.92 Å². The topological polar surface area (TPSA) is 53.0 Å². The molecule has 1 aliphatic carbocycles. The van der Waals surface area contributed by atoms with Gasteiger partial charge >= 0.3 is 0 Å². The highest BCUT2D eigenvalue weighted by atomic mass is 15.2. The minimum absolute atomic E-state index is 0.250. The van der Waals surface area contributed by atoms with Gasteiger partial charge in [-0.15, -0.1) is 0 Å². The second-order valence-electron chi connectivity index (χ2n) is 7.57. The Morgan fingerprint density at radius 1 is 1.24 bits per heavy atom. The first kappa shape index (κ1) is 24.5. The van der Waals surface area contributed by atoms with Crippen LogP contribution in [0.2, 0.25) is 0 Å². The van der Waals surface area contributed by atoms with Gasteiger partial charge in [0.25, 0.3) is 0 Å². The predicted molar refractivity (Wildman–Crippen MR) is 126 cm³/mol. The van der Waals surface area contributed by atoms with E-state index in [0.717, 1.165) is 37.1 Å². The highest BCUT2D eigenvalue weighted by Crippen LogP contribution is 2.49. The van der Waals surface area contributed by atoms with Gasteiger partial charge in [0.15, 0.2) is 0 Å².